The minimum absolute atomic E-state index is 0.0189. The van der Waals surface area contributed by atoms with Crippen LogP contribution in [-0.2, 0) is 4.79 Å². The van der Waals surface area contributed by atoms with Crippen molar-refractivity contribution in [2.45, 2.75) is 44.2 Å². The van der Waals surface area contributed by atoms with Crippen LogP contribution < -0.4 is 20.5 Å². The Balaban J connectivity index is 2.04. The predicted octanol–water partition coefficient (Wildman–Crippen LogP) is 2.15. The number of hydrogen-bond acceptors (Lipinski definition) is 4. The molecule has 0 spiro atoms. The number of nitrogens with two attached hydrogens (primary N) is 1. The van der Waals surface area contributed by atoms with Gasteiger partial charge in [-0.05, 0) is 44.4 Å². The molecule has 3 N–H and O–H groups in total. The normalized spacial score (nSPS) is 17.5. The summed E-state index contributed by atoms with van der Waals surface area (Å²) in [4.78, 5) is 12.1. The van der Waals surface area contributed by atoms with E-state index in [1.54, 1.807) is 14.2 Å². The zero-order valence-electron chi connectivity index (χ0n) is 12.9. The number of hydrogen-bond donors (Lipinski definition) is 2. The Morgan fingerprint density at radius 1 is 1.38 bits per heavy atom. The van der Waals surface area contributed by atoms with Gasteiger partial charge in [0.2, 0.25) is 5.91 Å². The molecule has 0 aromatic heterocycles. The molecular weight excluding hydrogens is 268 g/mol. The van der Waals surface area contributed by atoms with E-state index in [-0.39, 0.29) is 17.5 Å². The van der Waals surface area contributed by atoms with Gasteiger partial charge in [-0.15, -0.1) is 0 Å². The molecule has 0 saturated heterocycles. The van der Waals surface area contributed by atoms with Crippen molar-refractivity contribution in [2.75, 3.05) is 14.2 Å². The first-order chi connectivity index (χ1) is 9.97. The van der Waals surface area contributed by atoms with E-state index in [2.05, 4.69) is 5.32 Å². The van der Waals surface area contributed by atoms with E-state index < -0.39 is 0 Å². The maximum atomic E-state index is 12.1. The van der Waals surface area contributed by atoms with Crippen LogP contribution in [0.3, 0.4) is 0 Å². The first kappa shape index (κ1) is 15.6. The molecule has 116 valence electrons. The van der Waals surface area contributed by atoms with E-state index in [0.29, 0.717) is 6.42 Å². The molecule has 1 aliphatic carbocycles. The van der Waals surface area contributed by atoms with Gasteiger partial charge in [0.05, 0.1) is 20.3 Å². The van der Waals surface area contributed by atoms with Crippen LogP contribution in [0.4, 0.5) is 0 Å². The number of carbonyl (C=O) groups excluding carboxylic acids is 1. The highest BCUT2D eigenvalue weighted by Gasteiger charge is 2.35. The van der Waals surface area contributed by atoms with Crippen LogP contribution in [0.15, 0.2) is 18.2 Å². The molecule has 0 heterocycles. The summed E-state index contributed by atoms with van der Waals surface area (Å²) in [5.41, 5.74) is 6.70. The van der Waals surface area contributed by atoms with E-state index in [0.717, 1.165) is 36.3 Å². The third-order valence-electron chi connectivity index (χ3n) is 4.14. The summed E-state index contributed by atoms with van der Waals surface area (Å²) < 4.78 is 10.6. The molecule has 0 radical (unpaired) electrons. The smallest absolute Gasteiger partial charge is 0.222 e. The summed E-state index contributed by atoms with van der Waals surface area (Å²) >= 11 is 0. The monoisotopic (exact) mass is 292 g/mol. The highest BCUT2D eigenvalue weighted by molar-refractivity contribution is 5.78. The lowest BCUT2D eigenvalue weighted by molar-refractivity contribution is -0.123. The molecule has 1 aromatic carbocycles. The van der Waals surface area contributed by atoms with Gasteiger partial charge in [0, 0.05) is 17.5 Å². The second-order valence-corrected chi connectivity index (χ2v) is 5.79. The molecule has 2 rings (SSSR count). The van der Waals surface area contributed by atoms with Crippen molar-refractivity contribution in [2.24, 2.45) is 5.73 Å². The van der Waals surface area contributed by atoms with Crippen LogP contribution in [0.25, 0.3) is 0 Å². The third kappa shape index (κ3) is 3.67. The van der Waals surface area contributed by atoms with Crippen molar-refractivity contribution >= 4 is 5.91 Å². The Morgan fingerprint density at radius 3 is 2.62 bits per heavy atom. The number of rotatable bonds is 6. The fraction of sp³-hybridized carbons (Fsp3) is 0.562. The van der Waals surface area contributed by atoms with E-state index >= 15 is 0 Å². The van der Waals surface area contributed by atoms with Gasteiger partial charge in [-0.2, -0.15) is 0 Å². The predicted molar refractivity (Wildman–Crippen MR) is 81.5 cm³/mol. The lowest BCUT2D eigenvalue weighted by Gasteiger charge is -2.37. The van der Waals surface area contributed by atoms with Crippen LogP contribution >= 0.6 is 0 Å². The standard InChI is InChI=1S/C16H24N2O3/c1-11(18-15(19)10-16(17)7-4-8-16)13-9-12(20-2)5-6-14(13)21-3/h5-6,9,11H,4,7-8,10,17H2,1-3H3,(H,18,19). The lowest BCUT2D eigenvalue weighted by Crippen LogP contribution is -2.50. The van der Waals surface area contributed by atoms with Crippen LogP contribution in [-0.4, -0.2) is 25.7 Å². The molecule has 5 nitrogen and oxygen atoms in total. The Morgan fingerprint density at radius 2 is 2.10 bits per heavy atom. The number of carbonyl (C=O) groups is 1. The molecule has 1 aliphatic rings. The molecule has 0 aliphatic heterocycles. The van der Waals surface area contributed by atoms with Gasteiger partial charge < -0.3 is 20.5 Å². The van der Waals surface area contributed by atoms with Crippen molar-refractivity contribution in [3.8, 4) is 11.5 Å². The minimum Gasteiger partial charge on any atom is -0.497 e. The SMILES string of the molecule is COc1ccc(OC)c(C(C)NC(=O)CC2(N)CCC2)c1. The second kappa shape index (κ2) is 6.35. The van der Waals surface area contributed by atoms with Crippen molar-refractivity contribution in [3.63, 3.8) is 0 Å². The molecule has 1 amide bonds. The maximum absolute atomic E-state index is 12.1. The lowest BCUT2D eigenvalue weighted by atomic mass is 9.75. The Kier molecular flexibility index (Phi) is 4.73. The number of benzene rings is 1. The topological polar surface area (TPSA) is 73.6 Å². The molecule has 5 heteroatoms. The summed E-state index contributed by atoms with van der Waals surface area (Å²) in [6, 6.07) is 5.39. The largest absolute Gasteiger partial charge is 0.497 e. The summed E-state index contributed by atoms with van der Waals surface area (Å²) in [6.45, 7) is 1.93. The quantitative estimate of drug-likeness (QED) is 0.842. The van der Waals surface area contributed by atoms with Crippen molar-refractivity contribution in [1.82, 2.24) is 5.32 Å². The maximum Gasteiger partial charge on any atom is 0.222 e. The molecule has 0 bridgehead atoms. The minimum atomic E-state index is -0.303. The summed E-state index contributed by atoms with van der Waals surface area (Å²) in [6.07, 6.45) is 3.35. The Hall–Kier alpha value is -1.75. The fourth-order valence-electron chi connectivity index (χ4n) is 2.68. The van der Waals surface area contributed by atoms with Crippen LogP contribution in [0.2, 0.25) is 0 Å². The zero-order chi connectivity index (χ0) is 15.5. The van der Waals surface area contributed by atoms with E-state index in [1.165, 1.54) is 0 Å². The summed E-state index contributed by atoms with van der Waals surface area (Å²) in [5.74, 6) is 1.45. The first-order valence-electron chi connectivity index (χ1n) is 7.27. The van der Waals surface area contributed by atoms with Crippen molar-refractivity contribution < 1.29 is 14.3 Å². The number of amides is 1. The molecule has 1 atom stereocenters. The fourth-order valence-corrected chi connectivity index (χ4v) is 2.68. The number of ether oxygens (including phenoxy) is 2. The highest BCUT2D eigenvalue weighted by atomic mass is 16.5. The molecule has 1 fully saturated rings. The van der Waals surface area contributed by atoms with Gasteiger partial charge in [0.15, 0.2) is 0 Å². The van der Waals surface area contributed by atoms with Gasteiger partial charge in [0.1, 0.15) is 11.5 Å². The molecule has 1 unspecified atom stereocenters. The molecule has 21 heavy (non-hydrogen) atoms. The van der Waals surface area contributed by atoms with Crippen LogP contribution in [0.1, 0.15) is 44.2 Å². The van der Waals surface area contributed by atoms with Crippen LogP contribution in [0.5, 0.6) is 11.5 Å². The average Bonchev–Trinajstić information content (AvgIpc) is 2.44. The highest BCUT2D eigenvalue weighted by Crippen LogP contribution is 2.33. The van der Waals surface area contributed by atoms with Gasteiger partial charge in [-0.25, -0.2) is 0 Å². The van der Waals surface area contributed by atoms with E-state index in [9.17, 15) is 4.79 Å². The summed E-state index contributed by atoms with van der Waals surface area (Å²) in [7, 11) is 3.23. The number of methoxy groups -OCH3 is 2. The average molecular weight is 292 g/mol. The van der Waals surface area contributed by atoms with Crippen molar-refractivity contribution in [3.05, 3.63) is 23.8 Å². The van der Waals surface area contributed by atoms with Gasteiger partial charge in [-0.3, -0.25) is 4.79 Å². The van der Waals surface area contributed by atoms with E-state index in [1.807, 2.05) is 25.1 Å². The molecule has 1 aromatic rings. The molecule has 1 saturated carbocycles. The Bertz CT molecular complexity index is 512. The zero-order valence-corrected chi connectivity index (χ0v) is 12.9. The van der Waals surface area contributed by atoms with Crippen LogP contribution in [0, 0.1) is 0 Å². The second-order valence-electron chi connectivity index (χ2n) is 5.79. The number of nitrogens with one attached hydrogen (secondary N) is 1. The first-order valence-corrected chi connectivity index (χ1v) is 7.27. The van der Waals surface area contributed by atoms with Gasteiger partial charge in [0.25, 0.3) is 0 Å². The third-order valence-corrected chi connectivity index (χ3v) is 4.14. The van der Waals surface area contributed by atoms with Gasteiger partial charge in [-0.1, -0.05) is 0 Å². The van der Waals surface area contributed by atoms with Gasteiger partial charge >= 0.3 is 0 Å². The summed E-state index contributed by atoms with van der Waals surface area (Å²) in [5, 5.41) is 2.99. The Labute approximate surface area is 125 Å². The van der Waals surface area contributed by atoms with E-state index in [4.69, 9.17) is 15.2 Å². The van der Waals surface area contributed by atoms with Crippen molar-refractivity contribution in [1.29, 1.82) is 0 Å². The molecular formula is C16H24N2O3.